The Bertz CT molecular complexity index is 722. The second-order valence-electron chi connectivity index (χ2n) is 5.28. The molecule has 8 heteroatoms. The van der Waals surface area contributed by atoms with Gasteiger partial charge in [0.2, 0.25) is 0 Å². The van der Waals surface area contributed by atoms with E-state index in [2.05, 4.69) is 10.4 Å². The maximum absolute atomic E-state index is 12.3. The Balaban J connectivity index is 1.73. The van der Waals surface area contributed by atoms with Gasteiger partial charge in [0.25, 0.3) is 11.6 Å². The second-order valence-corrected chi connectivity index (χ2v) is 5.28. The molecule has 1 saturated heterocycles. The highest BCUT2D eigenvalue weighted by Gasteiger charge is 2.21. The number of para-hydroxylation sites is 1. The van der Waals surface area contributed by atoms with E-state index in [1.165, 1.54) is 18.2 Å². The molecule has 1 aromatic heterocycles. The predicted octanol–water partition coefficient (Wildman–Crippen LogP) is 2.40. The van der Waals surface area contributed by atoms with E-state index < -0.39 is 10.8 Å². The van der Waals surface area contributed by atoms with Crippen molar-refractivity contribution in [3.63, 3.8) is 0 Å². The zero-order valence-corrected chi connectivity index (χ0v) is 12.3. The van der Waals surface area contributed by atoms with Crippen molar-refractivity contribution < 1.29 is 14.5 Å². The van der Waals surface area contributed by atoms with E-state index in [1.54, 1.807) is 23.1 Å². The van der Waals surface area contributed by atoms with Gasteiger partial charge in [-0.05, 0) is 18.9 Å². The summed E-state index contributed by atoms with van der Waals surface area (Å²) >= 11 is 0. The minimum absolute atomic E-state index is 0.0244. The number of carbonyl (C=O) groups is 1. The van der Waals surface area contributed by atoms with Gasteiger partial charge in [0, 0.05) is 25.5 Å². The SMILES string of the molecule is O=C(Nc1cnn(C2CCOCC2)c1)c1ccccc1[N+](=O)[O-]. The first-order valence-electron chi connectivity index (χ1n) is 7.32. The molecule has 120 valence electrons. The Labute approximate surface area is 132 Å². The van der Waals surface area contributed by atoms with Crippen molar-refractivity contribution in [2.75, 3.05) is 18.5 Å². The van der Waals surface area contributed by atoms with Gasteiger partial charge in [-0.2, -0.15) is 5.10 Å². The summed E-state index contributed by atoms with van der Waals surface area (Å²) in [5.41, 5.74) is 0.317. The summed E-state index contributed by atoms with van der Waals surface area (Å²) in [4.78, 5) is 22.7. The number of nitrogens with zero attached hydrogens (tertiary/aromatic N) is 3. The molecule has 1 aliphatic heterocycles. The van der Waals surface area contributed by atoms with Crippen LogP contribution in [0.5, 0.6) is 0 Å². The van der Waals surface area contributed by atoms with Crippen LogP contribution < -0.4 is 5.32 Å². The third kappa shape index (κ3) is 3.37. The lowest BCUT2D eigenvalue weighted by Gasteiger charge is -2.22. The van der Waals surface area contributed by atoms with Gasteiger partial charge in [-0.15, -0.1) is 0 Å². The molecular weight excluding hydrogens is 300 g/mol. The number of ether oxygens (including phenoxy) is 1. The highest BCUT2D eigenvalue weighted by molar-refractivity contribution is 6.06. The first kappa shape index (κ1) is 15.2. The van der Waals surface area contributed by atoms with E-state index in [9.17, 15) is 14.9 Å². The van der Waals surface area contributed by atoms with E-state index in [0.29, 0.717) is 18.9 Å². The predicted molar refractivity (Wildman–Crippen MR) is 82.4 cm³/mol. The van der Waals surface area contributed by atoms with E-state index in [0.717, 1.165) is 12.8 Å². The van der Waals surface area contributed by atoms with Crippen LogP contribution in [-0.4, -0.2) is 33.8 Å². The number of nitrogens with one attached hydrogen (secondary N) is 1. The molecule has 1 N–H and O–H groups in total. The van der Waals surface area contributed by atoms with Crippen molar-refractivity contribution in [1.82, 2.24) is 9.78 Å². The molecule has 0 spiro atoms. The number of carbonyl (C=O) groups excluding carboxylic acids is 1. The molecule has 1 aliphatic rings. The Morgan fingerprint density at radius 1 is 1.35 bits per heavy atom. The summed E-state index contributed by atoms with van der Waals surface area (Å²) < 4.78 is 7.11. The average molecular weight is 316 g/mol. The van der Waals surface area contributed by atoms with Crippen molar-refractivity contribution in [3.05, 3.63) is 52.3 Å². The molecule has 0 aliphatic carbocycles. The van der Waals surface area contributed by atoms with Crippen LogP contribution in [0.1, 0.15) is 29.2 Å². The molecule has 0 saturated carbocycles. The summed E-state index contributed by atoms with van der Waals surface area (Å²) in [6, 6.07) is 6.10. The Kier molecular flexibility index (Phi) is 4.33. The van der Waals surface area contributed by atoms with E-state index in [-0.39, 0.29) is 17.3 Å². The van der Waals surface area contributed by atoms with Gasteiger partial charge in [0.05, 0.1) is 22.8 Å². The van der Waals surface area contributed by atoms with Gasteiger partial charge < -0.3 is 10.1 Å². The van der Waals surface area contributed by atoms with E-state index in [1.807, 2.05) is 0 Å². The van der Waals surface area contributed by atoms with E-state index >= 15 is 0 Å². The van der Waals surface area contributed by atoms with Crippen LogP contribution >= 0.6 is 0 Å². The van der Waals surface area contributed by atoms with Crippen LogP contribution in [0.15, 0.2) is 36.7 Å². The monoisotopic (exact) mass is 316 g/mol. The molecule has 0 bridgehead atoms. The number of benzene rings is 1. The Morgan fingerprint density at radius 2 is 2.09 bits per heavy atom. The second kappa shape index (κ2) is 6.57. The fourth-order valence-electron chi connectivity index (χ4n) is 2.58. The standard InChI is InChI=1S/C15H16N4O4/c20-15(13-3-1-2-4-14(13)19(21)22)17-11-9-16-18(10-11)12-5-7-23-8-6-12/h1-4,9-10,12H,5-8H2,(H,17,20). The lowest BCUT2D eigenvalue weighted by Crippen LogP contribution is -2.19. The van der Waals surface area contributed by atoms with Crippen molar-refractivity contribution in [2.45, 2.75) is 18.9 Å². The van der Waals surface area contributed by atoms with E-state index in [4.69, 9.17) is 4.74 Å². The summed E-state index contributed by atoms with van der Waals surface area (Å²) in [7, 11) is 0. The molecule has 1 amide bonds. The van der Waals surface area contributed by atoms with Crippen molar-refractivity contribution >= 4 is 17.3 Å². The molecule has 1 fully saturated rings. The van der Waals surface area contributed by atoms with Crippen LogP contribution in [0.25, 0.3) is 0 Å². The lowest BCUT2D eigenvalue weighted by atomic mass is 10.1. The quantitative estimate of drug-likeness (QED) is 0.689. The highest BCUT2D eigenvalue weighted by atomic mass is 16.6. The van der Waals surface area contributed by atoms with Gasteiger partial charge in [-0.25, -0.2) is 0 Å². The number of rotatable bonds is 4. The molecule has 23 heavy (non-hydrogen) atoms. The topological polar surface area (TPSA) is 99.3 Å². The van der Waals surface area contributed by atoms with Gasteiger partial charge in [-0.3, -0.25) is 19.6 Å². The van der Waals surface area contributed by atoms with Gasteiger partial charge in [-0.1, -0.05) is 12.1 Å². The number of nitro benzene ring substituents is 1. The fraction of sp³-hybridized carbons (Fsp3) is 0.333. The number of hydrogen-bond donors (Lipinski definition) is 1. The average Bonchev–Trinajstić information content (AvgIpc) is 3.04. The Morgan fingerprint density at radius 3 is 2.83 bits per heavy atom. The molecule has 8 nitrogen and oxygen atoms in total. The van der Waals surface area contributed by atoms with Gasteiger partial charge >= 0.3 is 0 Å². The van der Waals surface area contributed by atoms with Crippen LogP contribution in [0.3, 0.4) is 0 Å². The van der Waals surface area contributed by atoms with Gasteiger partial charge in [0.1, 0.15) is 5.56 Å². The smallest absolute Gasteiger partial charge is 0.282 e. The molecule has 0 radical (unpaired) electrons. The number of nitro groups is 1. The zero-order chi connectivity index (χ0) is 16.2. The fourth-order valence-corrected chi connectivity index (χ4v) is 2.58. The molecule has 0 atom stereocenters. The number of hydrogen-bond acceptors (Lipinski definition) is 5. The zero-order valence-electron chi connectivity index (χ0n) is 12.3. The highest BCUT2D eigenvalue weighted by Crippen LogP contribution is 2.23. The summed E-state index contributed by atoms with van der Waals surface area (Å²) in [5, 5.41) is 17.9. The normalized spacial score (nSPS) is 15.3. The maximum Gasteiger partial charge on any atom is 0.282 e. The lowest BCUT2D eigenvalue weighted by molar-refractivity contribution is -0.385. The third-order valence-electron chi connectivity index (χ3n) is 3.77. The first-order valence-corrected chi connectivity index (χ1v) is 7.32. The summed E-state index contributed by atoms with van der Waals surface area (Å²) in [5.74, 6) is -0.524. The summed E-state index contributed by atoms with van der Waals surface area (Å²) in [6.07, 6.45) is 5.03. The number of anilines is 1. The molecule has 2 heterocycles. The maximum atomic E-state index is 12.3. The number of amides is 1. The van der Waals surface area contributed by atoms with Crippen LogP contribution in [-0.2, 0) is 4.74 Å². The largest absolute Gasteiger partial charge is 0.381 e. The summed E-state index contributed by atoms with van der Waals surface area (Å²) in [6.45, 7) is 1.39. The minimum Gasteiger partial charge on any atom is -0.381 e. The van der Waals surface area contributed by atoms with Crippen LogP contribution in [0.2, 0.25) is 0 Å². The first-order chi connectivity index (χ1) is 11.1. The Hall–Kier alpha value is -2.74. The van der Waals surface area contributed by atoms with Crippen molar-refractivity contribution in [2.24, 2.45) is 0 Å². The molecule has 2 aromatic rings. The molecule has 1 aromatic carbocycles. The minimum atomic E-state index is -0.569. The third-order valence-corrected chi connectivity index (χ3v) is 3.77. The number of aromatic nitrogens is 2. The van der Waals surface area contributed by atoms with Crippen molar-refractivity contribution in [1.29, 1.82) is 0 Å². The molecular formula is C15H16N4O4. The molecule has 0 unspecified atom stereocenters. The van der Waals surface area contributed by atoms with Gasteiger partial charge in [0.15, 0.2) is 0 Å². The molecule has 3 rings (SSSR count). The van der Waals surface area contributed by atoms with Crippen molar-refractivity contribution in [3.8, 4) is 0 Å². The van der Waals surface area contributed by atoms with Crippen LogP contribution in [0.4, 0.5) is 11.4 Å². The van der Waals surface area contributed by atoms with Crippen LogP contribution in [0, 0.1) is 10.1 Å².